The Morgan fingerprint density at radius 1 is 1.20 bits per heavy atom. The molecule has 0 saturated carbocycles. The molecule has 1 aromatic heterocycles. The number of rotatable bonds is 7. The lowest BCUT2D eigenvalue weighted by Crippen LogP contribution is -2.43. The van der Waals surface area contributed by atoms with Crippen LogP contribution in [-0.4, -0.2) is 35.3 Å². The molecule has 1 N–H and O–H groups in total. The Bertz CT molecular complexity index is 765. The Morgan fingerprint density at radius 2 is 1.92 bits per heavy atom. The van der Waals surface area contributed by atoms with Crippen molar-refractivity contribution in [2.24, 2.45) is 0 Å². The standard InChI is InChI=1S/C18H17BrN2O4/c1-12(22)16(7-13-5-3-2-4-6-13)21-17(23)11-25-18(24)14-8-15(19)10-20-9-14/h2-6,8-10,16H,7,11H2,1H3,(H,21,23)/t16-/m1/s1. The number of ether oxygens (including phenoxy) is 1. The molecule has 0 aliphatic rings. The monoisotopic (exact) mass is 404 g/mol. The second kappa shape index (κ2) is 9.08. The molecule has 0 bridgehead atoms. The van der Waals surface area contributed by atoms with Gasteiger partial charge in [0, 0.05) is 16.9 Å². The fraction of sp³-hybridized carbons (Fsp3) is 0.222. The van der Waals surface area contributed by atoms with Crippen molar-refractivity contribution in [3.63, 3.8) is 0 Å². The van der Waals surface area contributed by atoms with Crippen LogP contribution in [0.4, 0.5) is 0 Å². The lowest BCUT2D eigenvalue weighted by atomic mass is 10.0. The number of pyridine rings is 1. The maximum Gasteiger partial charge on any atom is 0.340 e. The first-order valence-electron chi connectivity index (χ1n) is 7.57. The normalized spacial score (nSPS) is 11.4. The molecule has 0 saturated heterocycles. The van der Waals surface area contributed by atoms with E-state index in [2.05, 4.69) is 26.2 Å². The molecule has 0 spiro atoms. The zero-order chi connectivity index (χ0) is 18.2. The number of nitrogens with one attached hydrogen (secondary N) is 1. The summed E-state index contributed by atoms with van der Waals surface area (Å²) in [4.78, 5) is 39.5. The molecule has 2 rings (SSSR count). The van der Waals surface area contributed by atoms with E-state index in [1.165, 1.54) is 19.3 Å². The number of ketones is 1. The minimum absolute atomic E-state index is 0.167. The number of nitrogens with zero attached hydrogens (tertiary/aromatic N) is 1. The number of esters is 1. The van der Waals surface area contributed by atoms with Gasteiger partial charge >= 0.3 is 5.97 Å². The molecule has 2 aromatic rings. The molecule has 25 heavy (non-hydrogen) atoms. The minimum Gasteiger partial charge on any atom is -0.452 e. The van der Waals surface area contributed by atoms with E-state index in [0.29, 0.717) is 10.9 Å². The summed E-state index contributed by atoms with van der Waals surface area (Å²) in [6.45, 7) is 0.941. The Balaban J connectivity index is 1.88. The number of carbonyl (C=O) groups excluding carboxylic acids is 3. The predicted molar refractivity (Wildman–Crippen MR) is 95.0 cm³/mol. The Hall–Kier alpha value is -2.54. The van der Waals surface area contributed by atoms with E-state index in [9.17, 15) is 14.4 Å². The zero-order valence-corrected chi connectivity index (χ0v) is 15.2. The Kier molecular flexibility index (Phi) is 6.82. The van der Waals surface area contributed by atoms with Gasteiger partial charge in [0.1, 0.15) is 0 Å². The molecule has 1 amide bonds. The molecule has 0 aliphatic carbocycles. The van der Waals surface area contributed by atoms with Crippen LogP contribution >= 0.6 is 15.9 Å². The lowest BCUT2D eigenvalue weighted by molar-refractivity contribution is -0.128. The Labute approximate surface area is 153 Å². The summed E-state index contributed by atoms with van der Waals surface area (Å²) >= 11 is 3.20. The highest BCUT2D eigenvalue weighted by Gasteiger charge is 2.19. The van der Waals surface area contributed by atoms with Crippen LogP contribution in [0, 0.1) is 0 Å². The number of benzene rings is 1. The summed E-state index contributed by atoms with van der Waals surface area (Å²) in [6, 6.07) is 10.2. The smallest absolute Gasteiger partial charge is 0.340 e. The van der Waals surface area contributed by atoms with E-state index in [0.717, 1.165) is 5.56 Å². The van der Waals surface area contributed by atoms with Gasteiger partial charge in [-0.2, -0.15) is 0 Å². The third-order valence-electron chi connectivity index (χ3n) is 3.38. The van der Waals surface area contributed by atoms with Crippen LogP contribution in [0.2, 0.25) is 0 Å². The summed E-state index contributed by atoms with van der Waals surface area (Å²) in [7, 11) is 0. The van der Waals surface area contributed by atoms with E-state index in [4.69, 9.17) is 4.74 Å². The van der Waals surface area contributed by atoms with Gasteiger partial charge < -0.3 is 10.1 Å². The van der Waals surface area contributed by atoms with E-state index >= 15 is 0 Å². The van der Waals surface area contributed by atoms with Crippen LogP contribution in [0.15, 0.2) is 53.3 Å². The van der Waals surface area contributed by atoms with Gasteiger partial charge in [-0.1, -0.05) is 30.3 Å². The van der Waals surface area contributed by atoms with E-state index < -0.39 is 24.5 Å². The van der Waals surface area contributed by atoms with Crippen molar-refractivity contribution in [1.29, 1.82) is 0 Å². The molecular formula is C18H17BrN2O4. The number of amides is 1. The molecule has 6 nitrogen and oxygen atoms in total. The van der Waals surface area contributed by atoms with Gasteiger partial charge in [-0.3, -0.25) is 14.6 Å². The molecule has 130 valence electrons. The highest BCUT2D eigenvalue weighted by molar-refractivity contribution is 9.10. The van der Waals surface area contributed by atoms with Crippen molar-refractivity contribution >= 4 is 33.6 Å². The number of carbonyl (C=O) groups is 3. The largest absolute Gasteiger partial charge is 0.452 e. The van der Waals surface area contributed by atoms with E-state index in [1.54, 1.807) is 6.07 Å². The van der Waals surface area contributed by atoms with Gasteiger partial charge in [0.2, 0.25) is 0 Å². The fourth-order valence-electron chi connectivity index (χ4n) is 2.12. The molecule has 1 atom stereocenters. The molecule has 7 heteroatoms. The molecule has 0 unspecified atom stereocenters. The van der Waals surface area contributed by atoms with Crippen molar-refractivity contribution in [2.75, 3.05) is 6.61 Å². The van der Waals surface area contributed by atoms with Gasteiger partial charge in [0.25, 0.3) is 5.91 Å². The van der Waals surface area contributed by atoms with Crippen LogP contribution in [0.5, 0.6) is 0 Å². The van der Waals surface area contributed by atoms with Gasteiger partial charge in [0.15, 0.2) is 12.4 Å². The first-order chi connectivity index (χ1) is 12.0. The van der Waals surface area contributed by atoms with Crippen molar-refractivity contribution in [3.8, 4) is 0 Å². The van der Waals surface area contributed by atoms with Crippen LogP contribution in [0.1, 0.15) is 22.8 Å². The number of halogens is 1. The van der Waals surface area contributed by atoms with Crippen molar-refractivity contribution in [1.82, 2.24) is 10.3 Å². The molecule has 1 aromatic carbocycles. The molecule has 1 heterocycles. The predicted octanol–water partition coefficient (Wildman–Crippen LogP) is 2.32. The first kappa shape index (κ1) is 18.8. The number of hydrogen-bond acceptors (Lipinski definition) is 5. The minimum atomic E-state index is -0.666. The maximum absolute atomic E-state index is 12.0. The summed E-state index contributed by atoms with van der Waals surface area (Å²) in [5.41, 5.74) is 1.16. The second-order valence-corrected chi connectivity index (χ2v) is 6.30. The molecular weight excluding hydrogens is 388 g/mol. The van der Waals surface area contributed by atoms with Crippen molar-refractivity contribution in [2.45, 2.75) is 19.4 Å². The average Bonchev–Trinajstić information content (AvgIpc) is 2.60. The zero-order valence-electron chi connectivity index (χ0n) is 13.6. The highest BCUT2D eigenvalue weighted by Crippen LogP contribution is 2.10. The lowest BCUT2D eigenvalue weighted by Gasteiger charge is -2.16. The summed E-state index contributed by atoms with van der Waals surface area (Å²) < 4.78 is 5.58. The van der Waals surface area contributed by atoms with Crippen LogP contribution in [0.25, 0.3) is 0 Å². The van der Waals surface area contributed by atoms with Crippen molar-refractivity contribution < 1.29 is 19.1 Å². The van der Waals surface area contributed by atoms with E-state index in [-0.39, 0.29) is 11.3 Å². The number of aromatic nitrogens is 1. The van der Waals surface area contributed by atoms with Crippen LogP contribution < -0.4 is 5.32 Å². The quantitative estimate of drug-likeness (QED) is 0.715. The van der Waals surface area contributed by atoms with Gasteiger partial charge in [0.05, 0.1) is 11.6 Å². The molecule has 0 fully saturated rings. The van der Waals surface area contributed by atoms with Crippen molar-refractivity contribution in [3.05, 3.63) is 64.4 Å². The number of hydrogen-bond donors (Lipinski definition) is 1. The van der Waals surface area contributed by atoms with Crippen LogP contribution in [0.3, 0.4) is 0 Å². The third-order valence-corrected chi connectivity index (χ3v) is 3.82. The molecule has 0 aliphatic heterocycles. The number of Topliss-reactive ketones (excluding diaryl/α,β-unsaturated/α-hetero) is 1. The van der Waals surface area contributed by atoms with Gasteiger partial charge in [-0.15, -0.1) is 0 Å². The Morgan fingerprint density at radius 3 is 2.56 bits per heavy atom. The average molecular weight is 405 g/mol. The summed E-state index contributed by atoms with van der Waals surface area (Å²) in [5.74, 6) is -1.36. The maximum atomic E-state index is 12.0. The SMILES string of the molecule is CC(=O)[C@@H](Cc1ccccc1)NC(=O)COC(=O)c1cncc(Br)c1. The fourth-order valence-corrected chi connectivity index (χ4v) is 2.48. The van der Waals surface area contributed by atoms with Gasteiger partial charge in [-0.05, 0) is 40.9 Å². The highest BCUT2D eigenvalue weighted by atomic mass is 79.9. The second-order valence-electron chi connectivity index (χ2n) is 5.39. The summed E-state index contributed by atoms with van der Waals surface area (Å²) in [5, 5.41) is 2.59. The van der Waals surface area contributed by atoms with Gasteiger partial charge in [-0.25, -0.2) is 4.79 Å². The van der Waals surface area contributed by atoms with Crippen LogP contribution in [-0.2, 0) is 20.7 Å². The molecule has 0 radical (unpaired) electrons. The third kappa shape index (κ3) is 6.11. The first-order valence-corrected chi connectivity index (χ1v) is 8.36. The summed E-state index contributed by atoms with van der Waals surface area (Å²) in [6.07, 6.45) is 3.26. The topological polar surface area (TPSA) is 85.4 Å². The van der Waals surface area contributed by atoms with E-state index in [1.807, 2.05) is 30.3 Å².